The Hall–Kier alpha value is -1.85. The molecule has 6 heteroatoms. The number of hydrogen-bond donors (Lipinski definition) is 2. The number of nitrogens with zero attached hydrogens (tertiary/aromatic N) is 4. The molecule has 0 saturated carbocycles. The molecule has 6 nitrogen and oxygen atoms in total. The molecule has 0 spiro atoms. The third-order valence-electron chi connectivity index (χ3n) is 2.89. The Morgan fingerprint density at radius 2 is 2.18 bits per heavy atom. The fourth-order valence-electron chi connectivity index (χ4n) is 2.08. The van der Waals surface area contributed by atoms with Gasteiger partial charge in [-0.1, -0.05) is 0 Å². The van der Waals surface area contributed by atoms with E-state index in [2.05, 4.69) is 19.9 Å². The van der Waals surface area contributed by atoms with Gasteiger partial charge in [-0.3, -0.25) is 4.99 Å². The Morgan fingerprint density at radius 3 is 2.88 bits per heavy atom. The molecule has 1 aromatic heterocycles. The molecule has 1 aliphatic heterocycles. The Bertz CT molecular complexity index is 373. The third-order valence-corrected chi connectivity index (χ3v) is 2.89. The van der Waals surface area contributed by atoms with Crippen molar-refractivity contribution >= 4 is 11.9 Å². The fourth-order valence-corrected chi connectivity index (χ4v) is 2.08. The third kappa shape index (κ3) is 3.30. The van der Waals surface area contributed by atoms with E-state index in [0.29, 0.717) is 12.5 Å². The van der Waals surface area contributed by atoms with Crippen molar-refractivity contribution in [2.75, 3.05) is 24.5 Å². The minimum atomic E-state index is 0.165. The molecule has 2 rings (SSSR count). The van der Waals surface area contributed by atoms with Gasteiger partial charge >= 0.3 is 0 Å². The molecule has 1 unspecified atom stereocenters. The van der Waals surface area contributed by atoms with E-state index in [9.17, 15) is 0 Å². The van der Waals surface area contributed by atoms with E-state index >= 15 is 0 Å². The van der Waals surface area contributed by atoms with Gasteiger partial charge in [0.2, 0.25) is 5.95 Å². The number of guanidine groups is 1. The van der Waals surface area contributed by atoms with Gasteiger partial charge in [0.15, 0.2) is 5.96 Å². The van der Waals surface area contributed by atoms with Crippen LogP contribution in [0.1, 0.15) is 12.8 Å². The van der Waals surface area contributed by atoms with Crippen LogP contribution < -0.4 is 16.4 Å². The van der Waals surface area contributed by atoms with Crippen molar-refractivity contribution in [2.24, 2.45) is 22.4 Å². The van der Waals surface area contributed by atoms with Crippen LogP contribution in [0.15, 0.2) is 23.5 Å². The van der Waals surface area contributed by atoms with E-state index in [-0.39, 0.29) is 5.96 Å². The number of nitrogens with two attached hydrogens (primary N) is 2. The maximum Gasteiger partial charge on any atom is 0.225 e. The van der Waals surface area contributed by atoms with Gasteiger partial charge in [0, 0.05) is 32.0 Å². The van der Waals surface area contributed by atoms with Crippen molar-refractivity contribution in [3.8, 4) is 0 Å². The highest BCUT2D eigenvalue weighted by atomic mass is 15.2. The quantitative estimate of drug-likeness (QED) is 0.565. The van der Waals surface area contributed by atoms with E-state index in [0.717, 1.165) is 31.9 Å². The summed E-state index contributed by atoms with van der Waals surface area (Å²) in [5, 5.41) is 0. The second-order valence-corrected chi connectivity index (χ2v) is 4.27. The molecule has 17 heavy (non-hydrogen) atoms. The van der Waals surface area contributed by atoms with Crippen molar-refractivity contribution in [1.82, 2.24) is 9.97 Å². The number of anilines is 1. The van der Waals surface area contributed by atoms with E-state index in [1.165, 1.54) is 0 Å². The van der Waals surface area contributed by atoms with Crippen molar-refractivity contribution in [3.63, 3.8) is 0 Å². The predicted octanol–water partition coefficient (Wildman–Crippen LogP) is -0.0336. The molecule has 0 aliphatic carbocycles. The van der Waals surface area contributed by atoms with Gasteiger partial charge in [-0.15, -0.1) is 0 Å². The van der Waals surface area contributed by atoms with Gasteiger partial charge in [-0.2, -0.15) is 0 Å². The SMILES string of the molecule is NC(N)=NCC1CCCN(c2ncccn2)C1. The molecule has 1 fully saturated rings. The standard InChI is InChI=1S/C11H18N6/c12-10(13)16-7-9-3-1-6-17(8-9)11-14-4-2-5-15-11/h2,4-5,9H,1,3,6-8H2,(H4,12,13,16). The average molecular weight is 234 g/mol. The van der Waals surface area contributed by atoms with E-state index in [1.54, 1.807) is 12.4 Å². The highest BCUT2D eigenvalue weighted by molar-refractivity contribution is 5.75. The molecule has 1 atom stereocenters. The van der Waals surface area contributed by atoms with Gasteiger partial charge in [0.25, 0.3) is 0 Å². The van der Waals surface area contributed by atoms with Crippen molar-refractivity contribution in [1.29, 1.82) is 0 Å². The van der Waals surface area contributed by atoms with Crippen LogP contribution in [0.5, 0.6) is 0 Å². The molecule has 0 aromatic carbocycles. The van der Waals surface area contributed by atoms with Gasteiger partial charge in [0.05, 0.1) is 0 Å². The zero-order valence-corrected chi connectivity index (χ0v) is 9.79. The van der Waals surface area contributed by atoms with Crippen LogP contribution in [0.2, 0.25) is 0 Å². The lowest BCUT2D eigenvalue weighted by Gasteiger charge is -2.31. The van der Waals surface area contributed by atoms with Crippen LogP contribution in [-0.4, -0.2) is 35.6 Å². The topological polar surface area (TPSA) is 93.4 Å². The van der Waals surface area contributed by atoms with Gasteiger partial charge < -0.3 is 16.4 Å². The fraction of sp³-hybridized carbons (Fsp3) is 0.545. The number of aromatic nitrogens is 2. The second-order valence-electron chi connectivity index (χ2n) is 4.27. The van der Waals surface area contributed by atoms with E-state index in [1.807, 2.05) is 6.07 Å². The second kappa shape index (κ2) is 5.47. The van der Waals surface area contributed by atoms with Crippen molar-refractivity contribution in [3.05, 3.63) is 18.5 Å². The summed E-state index contributed by atoms with van der Waals surface area (Å²) in [6, 6.07) is 1.82. The van der Waals surface area contributed by atoms with Crippen LogP contribution in [0, 0.1) is 5.92 Å². The molecular formula is C11H18N6. The van der Waals surface area contributed by atoms with E-state index < -0.39 is 0 Å². The van der Waals surface area contributed by atoms with Crippen LogP contribution >= 0.6 is 0 Å². The summed E-state index contributed by atoms with van der Waals surface area (Å²) in [5.74, 6) is 1.44. The normalized spacial score (nSPS) is 20.0. The molecule has 1 aromatic rings. The lowest BCUT2D eigenvalue weighted by atomic mass is 9.98. The minimum absolute atomic E-state index is 0.165. The molecule has 0 bridgehead atoms. The number of hydrogen-bond acceptors (Lipinski definition) is 4. The summed E-state index contributed by atoms with van der Waals surface area (Å²) in [4.78, 5) is 14.8. The minimum Gasteiger partial charge on any atom is -0.370 e. The number of piperidine rings is 1. The van der Waals surface area contributed by atoms with Crippen LogP contribution in [-0.2, 0) is 0 Å². The first kappa shape index (κ1) is 11.6. The smallest absolute Gasteiger partial charge is 0.225 e. The Kier molecular flexibility index (Phi) is 3.74. The lowest BCUT2D eigenvalue weighted by molar-refractivity contribution is 0.420. The Morgan fingerprint density at radius 1 is 1.41 bits per heavy atom. The molecule has 0 radical (unpaired) electrons. The monoisotopic (exact) mass is 234 g/mol. The first-order valence-electron chi connectivity index (χ1n) is 5.83. The number of rotatable bonds is 3. The zero-order valence-electron chi connectivity index (χ0n) is 9.79. The highest BCUT2D eigenvalue weighted by Crippen LogP contribution is 2.19. The van der Waals surface area contributed by atoms with Crippen molar-refractivity contribution in [2.45, 2.75) is 12.8 Å². The molecule has 0 amide bonds. The maximum atomic E-state index is 5.34. The summed E-state index contributed by atoms with van der Waals surface area (Å²) in [6.07, 6.45) is 5.81. The van der Waals surface area contributed by atoms with Gasteiger partial charge in [-0.05, 0) is 24.8 Å². The Labute approximate surface area is 101 Å². The molecule has 1 aliphatic rings. The van der Waals surface area contributed by atoms with Crippen molar-refractivity contribution < 1.29 is 0 Å². The summed E-state index contributed by atoms with van der Waals surface area (Å²) < 4.78 is 0. The summed E-state index contributed by atoms with van der Waals surface area (Å²) in [7, 11) is 0. The molecule has 92 valence electrons. The largest absolute Gasteiger partial charge is 0.370 e. The maximum absolute atomic E-state index is 5.34. The summed E-state index contributed by atoms with van der Waals surface area (Å²) >= 11 is 0. The van der Waals surface area contributed by atoms with Gasteiger partial charge in [-0.25, -0.2) is 9.97 Å². The zero-order chi connectivity index (χ0) is 12.1. The van der Waals surface area contributed by atoms with Crippen LogP contribution in [0.4, 0.5) is 5.95 Å². The molecule has 2 heterocycles. The molecule has 1 saturated heterocycles. The van der Waals surface area contributed by atoms with E-state index in [4.69, 9.17) is 11.5 Å². The van der Waals surface area contributed by atoms with Crippen LogP contribution in [0.3, 0.4) is 0 Å². The molecule has 4 N–H and O–H groups in total. The summed E-state index contributed by atoms with van der Waals surface area (Å²) in [6.45, 7) is 2.61. The summed E-state index contributed by atoms with van der Waals surface area (Å²) in [5.41, 5.74) is 10.7. The highest BCUT2D eigenvalue weighted by Gasteiger charge is 2.21. The molecular weight excluding hydrogens is 216 g/mol. The predicted molar refractivity (Wildman–Crippen MR) is 67.6 cm³/mol. The lowest BCUT2D eigenvalue weighted by Crippen LogP contribution is -2.38. The first-order valence-corrected chi connectivity index (χ1v) is 5.83. The first-order chi connectivity index (χ1) is 8.25. The Balaban J connectivity index is 1.95. The van der Waals surface area contributed by atoms with Crippen LogP contribution in [0.25, 0.3) is 0 Å². The van der Waals surface area contributed by atoms with Gasteiger partial charge in [0.1, 0.15) is 0 Å². The average Bonchev–Trinajstić information content (AvgIpc) is 2.38. The number of aliphatic imine (C=N–C) groups is 1.